The minimum Gasteiger partial charge on any atom is -0.456 e. The number of hydrogen-bond acceptors (Lipinski definition) is 3. The molecule has 0 unspecified atom stereocenters. The van der Waals surface area contributed by atoms with E-state index in [0.29, 0.717) is 0 Å². The number of hydrogen-bond donors (Lipinski definition) is 0. The summed E-state index contributed by atoms with van der Waals surface area (Å²) in [7, 11) is 0. The van der Waals surface area contributed by atoms with Crippen molar-refractivity contribution in [3.8, 4) is 5.69 Å². The van der Waals surface area contributed by atoms with Gasteiger partial charge in [-0.2, -0.15) is 0 Å². The van der Waals surface area contributed by atoms with E-state index in [1.165, 1.54) is 60.9 Å². The Morgan fingerprint density at radius 3 is 2.06 bits per heavy atom. The Balaban J connectivity index is 1.32. The molecule has 11 rings (SSSR count). The average molecular weight is 619 g/mol. The minimum atomic E-state index is -0.0140. The Kier molecular flexibility index (Phi) is 4.85. The van der Waals surface area contributed by atoms with Crippen molar-refractivity contribution in [2.75, 3.05) is 4.90 Å². The van der Waals surface area contributed by atoms with E-state index in [1.807, 2.05) is 6.07 Å². The first-order valence-electron chi connectivity index (χ1n) is 16.8. The first kappa shape index (κ1) is 26.4. The normalized spacial score (nSPS) is 13.8. The molecule has 3 aromatic heterocycles. The maximum atomic E-state index is 6.74. The molecule has 2 aliphatic heterocycles. The highest BCUT2D eigenvalue weighted by Gasteiger charge is 2.43. The number of benzene rings is 6. The Hall–Kier alpha value is -5.68. The van der Waals surface area contributed by atoms with Crippen LogP contribution in [0.1, 0.15) is 31.9 Å². The second kappa shape index (κ2) is 8.81. The van der Waals surface area contributed by atoms with Crippen LogP contribution in [0, 0.1) is 6.92 Å². The quantitative estimate of drug-likeness (QED) is 0.172. The highest BCUT2D eigenvalue weighted by atomic mass is 16.3. The zero-order valence-electron chi connectivity index (χ0n) is 27.3. The molecule has 0 N–H and O–H groups in total. The molecule has 2 aliphatic rings. The summed E-state index contributed by atoms with van der Waals surface area (Å²) in [5, 5.41) is 5.85. The predicted molar refractivity (Wildman–Crippen MR) is 201 cm³/mol. The fourth-order valence-corrected chi connectivity index (χ4v) is 8.71. The van der Waals surface area contributed by atoms with Crippen molar-refractivity contribution in [3.63, 3.8) is 0 Å². The van der Waals surface area contributed by atoms with Gasteiger partial charge in [0.05, 0.1) is 22.0 Å². The van der Waals surface area contributed by atoms with Crippen LogP contribution in [0.2, 0.25) is 0 Å². The molecule has 0 bridgehead atoms. The van der Waals surface area contributed by atoms with Crippen molar-refractivity contribution in [2.45, 2.75) is 33.1 Å². The molecule has 5 heterocycles. The fraction of sp³-hybridized carbons (Fsp3) is 0.116. The minimum absolute atomic E-state index is 0.0140. The standard InChI is InChI=1S/C43H31BN2O2/c1-24-21-33-40-34(22-24)46-41-28(38-26-11-5-8-17-36(26)48-42(38)46)13-9-14-30(41)44(40)29-20-19-25(43(2,3)4)23-32(29)45(33)31-15-10-18-37-39(31)27-12-6-7-16-35(27)47-37/h5-23H,1-4H3. The predicted octanol–water partition coefficient (Wildman–Crippen LogP) is 9.65. The SMILES string of the molecule is Cc1cc2c3c(c1)-n1c4oc5ccccc5c4c4cccc(c41)B3c1ccc(C(C)(C)C)cc1N2c1cccc2oc3ccccc3c12. The molecule has 4 nitrogen and oxygen atoms in total. The number of anilines is 3. The van der Waals surface area contributed by atoms with Crippen LogP contribution >= 0.6 is 0 Å². The largest absolute Gasteiger partial charge is 0.456 e. The van der Waals surface area contributed by atoms with Crippen LogP contribution in [0.4, 0.5) is 17.1 Å². The van der Waals surface area contributed by atoms with Crippen molar-refractivity contribution in [1.29, 1.82) is 0 Å². The molecule has 6 aromatic carbocycles. The molecule has 0 aliphatic carbocycles. The number of aryl methyl sites for hydroxylation is 1. The summed E-state index contributed by atoms with van der Waals surface area (Å²) < 4.78 is 15.6. The fourth-order valence-electron chi connectivity index (χ4n) is 8.71. The molecule has 0 radical (unpaired) electrons. The summed E-state index contributed by atoms with van der Waals surface area (Å²) in [4.78, 5) is 2.52. The topological polar surface area (TPSA) is 34.5 Å². The molecule has 0 saturated carbocycles. The number of fused-ring (bicyclic) bond motifs is 12. The first-order chi connectivity index (χ1) is 23.4. The Morgan fingerprint density at radius 2 is 1.25 bits per heavy atom. The van der Waals surface area contributed by atoms with Crippen LogP contribution < -0.4 is 21.3 Å². The summed E-state index contributed by atoms with van der Waals surface area (Å²) in [5.41, 5.74) is 16.0. The first-order valence-corrected chi connectivity index (χ1v) is 16.8. The second-order valence-corrected chi connectivity index (χ2v) is 14.6. The summed E-state index contributed by atoms with van der Waals surface area (Å²) in [5.74, 6) is 0. The van der Waals surface area contributed by atoms with Crippen molar-refractivity contribution >= 4 is 95.1 Å². The van der Waals surface area contributed by atoms with Crippen LogP contribution in [0.25, 0.3) is 60.6 Å². The average Bonchev–Trinajstić information content (AvgIpc) is 3.75. The molecule has 5 heteroatoms. The van der Waals surface area contributed by atoms with E-state index in [4.69, 9.17) is 8.83 Å². The summed E-state index contributed by atoms with van der Waals surface area (Å²) in [6.45, 7) is 9.19. The molecule has 0 fully saturated rings. The lowest BCUT2D eigenvalue weighted by atomic mass is 9.33. The van der Waals surface area contributed by atoms with E-state index in [2.05, 4.69) is 146 Å². The lowest BCUT2D eigenvalue weighted by Crippen LogP contribution is -2.60. The number of para-hydroxylation sites is 3. The van der Waals surface area contributed by atoms with Gasteiger partial charge < -0.3 is 13.7 Å². The van der Waals surface area contributed by atoms with Gasteiger partial charge in [-0.25, -0.2) is 0 Å². The number of furan rings is 2. The van der Waals surface area contributed by atoms with Gasteiger partial charge in [0.1, 0.15) is 16.7 Å². The van der Waals surface area contributed by atoms with Gasteiger partial charge >= 0.3 is 0 Å². The molecule has 0 spiro atoms. The summed E-state index contributed by atoms with van der Waals surface area (Å²) in [6.07, 6.45) is 0. The van der Waals surface area contributed by atoms with Gasteiger partial charge in [0.2, 0.25) is 5.71 Å². The van der Waals surface area contributed by atoms with E-state index in [1.54, 1.807) is 0 Å². The monoisotopic (exact) mass is 618 g/mol. The summed E-state index contributed by atoms with van der Waals surface area (Å²) in [6, 6.07) is 42.1. The molecular weight excluding hydrogens is 587 g/mol. The van der Waals surface area contributed by atoms with Crippen LogP contribution in [0.5, 0.6) is 0 Å². The van der Waals surface area contributed by atoms with E-state index < -0.39 is 0 Å². The van der Waals surface area contributed by atoms with Crippen molar-refractivity contribution in [3.05, 3.63) is 126 Å². The van der Waals surface area contributed by atoms with E-state index in [0.717, 1.165) is 44.3 Å². The third kappa shape index (κ3) is 3.21. The molecular formula is C43H31BN2O2. The molecule has 0 saturated heterocycles. The van der Waals surface area contributed by atoms with Gasteiger partial charge in [0.25, 0.3) is 6.71 Å². The number of rotatable bonds is 1. The zero-order valence-corrected chi connectivity index (χ0v) is 27.3. The lowest BCUT2D eigenvalue weighted by molar-refractivity contribution is 0.590. The van der Waals surface area contributed by atoms with Gasteiger partial charge in [-0.15, -0.1) is 0 Å². The number of nitrogens with zero attached hydrogens (tertiary/aromatic N) is 2. The lowest BCUT2D eigenvalue weighted by Gasteiger charge is -2.41. The maximum absolute atomic E-state index is 6.74. The summed E-state index contributed by atoms with van der Waals surface area (Å²) >= 11 is 0. The van der Waals surface area contributed by atoms with Crippen molar-refractivity contribution in [2.24, 2.45) is 0 Å². The van der Waals surface area contributed by atoms with Crippen LogP contribution in [-0.2, 0) is 5.41 Å². The third-order valence-electron chi connectivity index (χ3n) is 10.8. The number of aromatic nitrogens is 1. The van der Waals surface area contributed by atoms with E-state index in [9.17, 15) is 0 Å². The van der Waals surface area contributed by atoms with E-state index in [-0.39, 0.29) is 12.1 Å². The molecule has 228 valence electrons. The van der Waals surface area contributed by atoms with Crippen LogP contribution in [0.15, 0.2) is 124 Å². The molecule has 0 atom stereocenters. The van der Waals surface area contributed by atoms with Gasteiger partial charge in [0.15, 0.2) is 0 Å². The van der Waals surface area contributed by atoms with Gasteiger partial charge in [-0.05, 0) is 82.3 Å². The van der Waals surface area contributed by atoms with Gasteiger partial charge in [0, 0.05) is 33.2 Å². The smallest absolute Gasteiger partial charge is 0.252 e. The highest BCUT2D eigenvalue weighted by molar-refractivity contribution is 7.00. The molecule has 48 heavy (non-hydrogen) atoms. The Labute approximate surface area is 277 Å². The zero-order chi connectivity index (χ0) is 32.1. The van der Waals surface area contributed by atoms with Crippen molar-refractivity contribution in [1.82, 2.24) is 4.57 Å². The van der Waals surface area contributed by atoms with Gasteiger partial charge in [-0.3, -0.25) is 4.57 Å². The van der Waals surface area contributed by atoms with Crippen molar-refractivity contribution < 1.29 is 8.83 Å². The maximum Gasteiger partial charge on any atom is 0.252 e. The van der Waals surface area contributed by atoms with E-state index >= 15 is 0 Å². The second-order valence-electron chi connectivity index (χ2n) is 14.6. The Morgan fingerprint density at radius 1 is 0.562 bits per heavy atom. The molecule has 9 aromatic rings. The van der Waals surface area contributed by atoms with Gasteiger partial charge in [-0.1, -0.05) is 93.6 Å². The van der Waals surface area contributed by atoms with Crippen LogP contribution in [0.3, 0.4) is 0 Å². The molecule has 0 amide bonds. The third-order valence-corrected chi connectivity index (χ3v) is 10.8. The highest BCUT2D eigenvalue weighted by Crippen LogP contribution is 2.47. The Bertz CT molecular complexity index is 2860. The van der Waals surface area contributed by atoms with Crippen LogP contribution in [-0.4, -0.2) is 11.3 Å².